The van der Waals surface area contributed by atoms with E-state index < -0.39 is 0 Å². The molecule has 0 aliphatic heterocycles. The van der Waals surface area contributed by atoms with Gasteiger partial charge in [0.2, 0.25) is 0 Å². The monoisotopic (exact) mass is 626 g/mol. The summed E-state index contributed by atoms with van der Waals surface area (Å²) in [5.74, 6) is 0.851. The predicted octanol–water partition coefficient (Wildman–Crippen LogP) is 13.5. The summed E-state index contributed by atoms with van der Waals surface area (Å²) >= 11 is 0. The average Bonchev–Trinajstić information content (AvgIpc) is 3.84. The lowest BCUT2D eigenvalue weighted by Crippen LogP contribution is -1.91. The summed E-state index contributed by atoms with van der Waals surface area (Å²) in [5, 5.41) is 9.99. The third-order valence-electron chi connectivity index (χ3n) is 10.1. The molecular formula is C46H26O3. The molecule has 0 N–H and O–H groups in total. The number of fused-ring (bicyclic) bond motifs is 9. The van der Waals surface area contributed by atoms with Crippen LogP contribution in [-0.4, -0.2) is 0 Å². The first kappa shape index (κ1) is 26.5. The Morgan fingerprint density at radius 1 is 0.286 bits per heavy atom. The van der Waals surface area contributed by atoms with Crippen molar-refractivity contribution in [2.45, 2.75) is 0 Å². The maximum atomic E-state index is 7.09. The van der Waals surface area contributed by atoms with Crippen molar-refractivity contribution in [3.63, 3.8) is 0 Å². The summed E-state index contributed by atoms with van der Waals surface area (Å²) in [4.78, 5) is 0. The zero-order valence-electron chi connectivity index (χ0n) is 26.2. The lowest BCUT2D eigenvalue weighted by atomic mass is 9.85. The highest BCUT2D eigenvalue weighted by molar-refractivity contribution is 6.27. The van der Waals surface area contributed by atoms with Gasteiger partial charge in [0, 0.05) is 38.1 Å². The molecule has 0 saturated heterocycles. The van der Waals surface area contributed by atoms with E-state index in [2.05, 4.69) is 133 Å². The van der Waals surface area contributed by atoms with Gasteiger partial charge >= 0.3 is 0 Å². The Morgan fingerprint density at radius 3 is 1.51 bits per heavy atom. The second-order valence-corrected chi connectivity index (χ2v) is 12.7. The van der Waals surface area contributed by atoms with Gasteiger partial charge in [0.1, 0.15) is 33.7 Å². The normalized spacial score (nSPS) is 12.1. The smallest absolute Gasteiger partial charge is 0.144 e. The quantitative estimate of drug-likeness (QED) is 0.183. The Labute approximate surface area is 280 Å². The molecule has 3 heteroatoms. The standard InChI is InChI=1S/C46H26O3/c1-2-13-27(14-3-1)42-36-26-40-35(28-15-8-10-22-37(28)48-40)25-41(36)49-46(42)45-31-18-6-4-16-29(31)43(30-17-5-7-19-32(30)45)34-21-12-24-39-44(34)33-20-9-11-23-38(33)47-39/h1-26H. The maximum Gasteiger partial charge on any atom is 0.144 e. The second kappa shape index (κ2) is 9.96. The van der Waals surface area contributed by atoms with E-state index in [0.717, 1.165) is 104 Å². The Morgan fingerprint density at radius 2 is 0.796 bits per heavy atom. The first-order valence-electron chi connectivity index (χ1n) is 16.6. The van der Waals surface area contributed by atoms with E-state index in [1.807, 2.05) is 24.3 Å². The number of para-hydroxylation sites is 2. The van der Waals surface area contributed by atoms with Gasteiger partial charge in [-0.25, -0.2) is 0 Å². The number of benzene rings is 8. The highest BCUT2D eigenvalue weighted by Crippen LogP contribution is 2.51. The Kier molecular flexibility index (Phi) is 5.38. The molecule has 0 fully saturated rings. The molecule has 0 aliphatic rings. The number of furan rings is 3. The molecule has 228 valence electrons. The molecule has 0 atom stereocenters. The highest BCUT2D eigenvalue weighted by Gasteiger charge is 2.26. The predicted molar refractivity (Wildman–Crippen MR) is 202 cm³/mol. The van der Waals surface area contributed by atoms with Crippen LogP contribution in [0.3, 0.4) is 0 Å². The first-order valence-corrected chi connectivity index (χ1v) is 16.6. The van der Waals surface area contributed by atoms with Crippen LogP contribution in [0.15, 0.2) is 171 Å². The van der Waals surface area contributed by atoms with Crippen molar-refractivity contribution < 1.29 is 13.3 Å². The van der Waals surface area contributed by atoms with Gasteiger partial charge in [-0.1, -0.05) is 127 Å². The summed E-state index contributed by atoms with van der Waals surface area (Å²) in [5.41, 5.74) is 9.91. The minimum atomic E-state index is 0.833. The van der Waals surface area contributed by atoms with Gasteiger partial charge in [-0.15, -0.1) is 0 Å². The van der Waals surface area contributed by atoms with E-state index in [4.69, 9.17) is 13.3 Å². The molecule has 11 rings (SSSR count). The van der Waals surface area contributed by atoms with Gasteiger partial charge in [-0.05, 0) is 68.6 Å². The molecule has 0 amide bonds. The van der Waals surface area contributed by atoms with Gasteiger partial charge in [0.05, 0.1) is 0 Å². The molecule has 0 radical (unpaired) electrons. The van der Waals surface area contributed by atoms with Gasteiger partial charge < -0.3 is 13.3 Å². The van der Waals surface area contributed by atoms with Gasteiger partial charge in [0.25, 0.3) is 0 Å². The molecule has 3 nitrogen and oxygen atoms in total. The topological polar surface area (TPSA) is 39.4 Å². The van der Waals surface area contributed by atoms with E-state index >= 15 is 0 Å². The van der Waals surface area contributed by atoms with E-state index in [1.165, 1.54) is 5.56 Å². The van der Waals surface area contributed by atoms with Gasteiger partial charge in [-0.2, -0.15) is 0 Å². The van der Waals surface area contributed by atoms with Crippen LogP contribution < -0.4 is 0 Å². The molecule has 0 unspecified atom stereocenters. The Hall–Kier alpha value is -6.58. The second-order valence-electron chi connectivity index (χ2n) is 12.7. The molecule has 8 aromatic carbocycles. The van der Waals surface area contributed by atoms with Crippen LogP contribution in [0.1, 0.15) is 0 Å². The van der Waals surface area contributed by atoms with Crippen LogP contribution in [0.4, 0.5) is 0 Å². The van der Waals surface area contributed by atoms with Crippen molar-refractivity contribution >= 4 is 76.4 Å². The fraction of sp³-hybridized carbons (Fsp3) is 0. The van der Waals surface area contributed by atoms with Crippen molar-refractivity contribution in [1.29, 1.82) is 0 Å². The Balaban J connectivity index is 1.29. The maximum absolute atomic E-state index is 7.09. The zero-order chi connectivity index (χ0) is 32.1. The van der Waals surface area contributed by atoms with Crippen molar-refractivity contribution in [2.75, 3.05) is 0 Å². The number of hydrogen-bond donors (Lipinski definition) is 0. The molecule has 0 bridgehead atoms. The number of hydrogen-bond acceptors (Lipinski definition) is 3. The van der Waals surface area contributed by atoms with Crippen LogP contribution in [0.2, 0.25) is 0 Å². The molecule has 49 heavy (non-hydrogen) atoms. The molecule has 3 aromatic heterocycles. The van der Waals surface area contributed by atoms with Crippen molar-refractivity contribution in [3.05, 3.63) is 158 Å². The van der Waals surface area contributed by atoms with Crippen LogP contribution in [0.25, 0.3) is 110 Å². The van der Waals surface area contributed by atoms with Gasteiger partial charge in [0.15, 0.2) is 0 Å². The lowest BCUT2D eigenvalue weighted by Gasteiger charge is -2.18. The zero-order valence-corrected chi connectivity index (χ0v) is 26.2. The molecule has 0 spiro atoms. The fourth-order valence-corrected chi connectivity index (χ4v) is 8.03. The van der Waals surface area contributed by atoms with Crippen LogP contribution in [-0.2, 0) is 0 Å². The summed E-state index contributed by atoms with van der Waals surface area (Å²) in [7, 11) is 0. The minimum absolute atomic E-state index is 0.833. The lowest BCUT2D eigenvalue weighted by molar-refractivity contribution is 0.633. The van der Waals surface area contributed by atoms with E-state index in [1.54, 1.807) is 0 Å². The van der Waals surface area contributed by atoms with Crippen LogP contribution in [0, 0.1) is 0 Å². The SMILES string of the molecule is c1ccc(-c2c(-c3c4ccccc4c(-c4cccc5oc6ccccc6c45)c4ccccc34)oc3cc4c(cc23)oc2ccccc24)cc1. The van der Waals surface area contributed by atoms with Crippen LogP contribution >= 0.6 is 0 Å². The molecule has 0 saturated carbocycles. The third-order valence-corrected chi connectivity index (χ3v) is 10.1. The first-order chi connectivity index (χ1) is 24.3. The fourth-order valence-electron chi connectivity index (χ4n) is 8.03. The molecule has 0 aliphatic carbocycles. The summed E-state index contributed by atoms with van der Waals surface area (Å²) in [6.07, 6.45) is 0. The van der Waals surface area contributed by atoms with E-state index in [9.17, 15) is 0 Å². The van der Waals surface area contributed by atoms with Crippen molar-refractivity contribution in [3.8, 4) is 33.6 Å². The van der Waals surface area contributed by atoms with Crippen molar-refractivity contribution in [1.82, 2.24) is 0 Å². The number of rotatable bonds is 3. The highest BCUT2D eigenvalue weighted by atomic mass is 16.3. The van der Waals surface area contributed by atoms with Crippen molar-refractivity contribution in [2.24, 2.45) is 0 Å². The van der Waals surface area contributed by atoms with Gasteiger partial charge in [-0.3, -0.25) is 0 Å². The summed E-state index contributed by atoms with van der Waals surface area (Å²) < 4.78 is 19.8. The largest absolute Gasteiger partial charge is 0.456 e. The minimum Gasteiger partial charge on any atom is -0.456 e. The summed E-state index contributed by atoms with van der Waals surface area (Å²) in [6.45, 7) is 0. The molecular weight excluding hydrogens is 601 g/mol. The van der Waals surface area contributed by atoms with E-state index in [-0.39, 0.29) is 0 Å². The Bertz CT molecular complexity index is 3040. The average molecular weight is 627 g/mol. The van der Waals surface area contributed by atoms with E-state index in [0.29, 0.717) is 0 Å². The third kappa shape index (κ3) is 3.73. The molecule has 11 aromatic rings. The summed E-state index contributed by atoms with van der Waals surface area (Å²) in [6, 6.07) is 55.3. The van der Waals surface area contributed by atoms with Crippen LogP contribution in [0.5, 0.6) is 0 Å². The molecule has 3 heterocycles.